The van der Waals surface area contributed by atoms with Gasteiger partial charge in [0.05, 0.1) is 5.69 Å². The topological polar surface area (TPSA) is 76.9 Å². The second-order valence-electron chi connectivity index (χ2n) is 9.27. The molecule has 1 aliphatic carbocycles. The number of ketones is 1. The predicted octanol–water partition coefficient (Wildman–Crippen LogP) is 3.30. The van der Waals surface area contributed by atoms with Crippen LogP contribution < -0.4 is 5.32 Å². The summed E-state index contributed by atoms with van der Waals surface area (Å²) in [5.41, 5.74) is -1.60. The van der Waals surface area contributed by atoms with Gasteiger partial charge in [0.15, 0.2) is 0 Å². The van der Waals surface area contributed by atoms with Crippen LogP contribution in [0.3, 0.4) is 0 Å². The van der Waals surface area contributed by atoms with E-state index in [-0.39, 0.29) is 29.9 Å². The fraction of sp³-hybridized carbons (Fsp3) is 0.800. The van der Waals surface area contributed by atoms with Gasteiger partial charge in [-0.15, -0.1) is 5.10 Å². The van der Waals surface area contributed by atoms with E-state index in [1.807, 2.05) is 20.8 Å². The number of halogens is 1. The first-order valence-electron chi connectivity index (χ1n) is 9.94. The summed E-state index contributed by atoms with van der Waals surface area (Å²) in [6, 6.07) is 0. The molecule has 0 fully saturated rings. The third-order valence-electron chi connectivity index (χ3n) is 5.33. The van der Waals surface area contributed by atoms with Crippen molar-refractivity contribution in [3.8, 4) is 0 Å². The minimum atomic E-state index is -2.18. The number of amides is 1. The van der Waals surface area contributed by atoms with Crippen LogP contribution in [0.5, 0.6) is 0 Å². The lowest BCUT2D eigenvalue weighted by Gasteiger charge is -2.34. The van der Waals surface area contributed by atoms with Crippen LogP contribution in [0.4, 0.5) is 4.39 Å². The SMILES string of the molecule is CC(=O)CC(C)(C)CC(C)(S)CNC(=O)C1(F)CCCCCc2c1nnn2C. The molecule has 1 amide bonds. The van der Waals surface area contributed by atoms with E-state index in [4.69, 9.17) is 0 Å². The number of fused-ring (bicyclic) bond motifs is 1. The average molecular weight is 413 g/mol. The van der Waals surface area contributed by atoms with Crippen LogP contribution in [0.15, 0.2) is 0 Å². The van der Waals surface area contributed by atoms with Crippen molar-refractivity contribution in [3.63, 3.8) is 0 Å². The smallest absolute Gasteiger partial charge is 0.264 e. The standard InChI is InChI=1S/C20H33FN4O2S/c1-14(26)11-18(2,3)12-19(4,28)13-22-17(27)20(21)10-8-6-7-9-15-16(20)23-24-25(15)5/h28H,6-13H2,1-5H3,(H,22,27). The zero-order chi connectivity index (χ0) is 21.2. The number of rotatable bonds is 7. The van der Waals surface area contributed by atoms with Crippen molar-refractivity contribution in [2.75, 3.05) is 6.54 Å². The maximum Gasteiger partial charge on any atom is 0.264 e. The summed E-state index contributed by atoms with van der Waals surface area (Å²) in [6.45, 7) is 7.68. The number of hydrogen-bond donors (Lipinski definition) is 2. The molecule has 1 heterocycles. The average Bonchev–Trinajstić information content (AvgIpc) is 2.88. The predicted molar refractivity (Wildman–Crippen MR) is 110 cm³/mol. The molecule has 0 saturated carbocycles. The van der Waals surface area contributed by atoms with Crippen LogP contribution in [-0.2, 0) is 28.7 Å². The van der Waals surface area contributed by atoms with Crippen molar-refractivity contribution < 1.29 is 14.0 Å². The number of carbonyl (C=O) groups excluding carboxylic acids is 2. The summed E-state index contributed by atoms with van der Waals surface area (Å²) in [5, 5.41) is 10.7. The highest BCUT2D eigenvalue weighted by atomic mass is 32.1. The van der Waals surface area contributed by atoms with Crippen LogP contribution in [0.25, 0.3) is 0 Å². The van der Waals surface area contributed by atoms with Crippen molar-refractivity contribution in [1.82, 2.24) is 20.3 Å². The van der Waals surface area contributed by atoms with E-state index in [1.165, 1.54) is 0 Å². The largest absolute Gasteiger partial charge is 0.352 e. The van der Waals surface area contributed by atoms with Crippen molar-refractivity contribution in [1.29, 1.82) is 0 Å². The highest BCUT2D eigenvalue weighted by molar-refractivity contribution is 7.81. The molecule has 0 aliphatic heterocycles. The molecule has 1 aromatic heterocycles. The van der Waals surface area contributed by atoms with Gasteiger partial charge in [0.2, 0.25) is 5.67 Å². The van der Waals surface area contributed by atoms with Gasteiger partial charge in [-0.2, -0.15) is 12.6 Å². The molecular formula is C20H33FN4O2S. The Kier molecular flexibility index (Phi) is 6.94. The third-order valence-corrected chi connectivity index (χ3v) is 5.65. The number of aryl methyl sites for hydroxylation is 1. The molecule has 1 aromatic rings. The Bertz CT molecular complexity index is 732. The number of nitrogens with zero attached hydrogens (tertiary/aromatic N) is 3. The number of alkyl halides is 1. The minimum Gasteiger partial charge on any atom is -0.352 e. The highest BCUT2D eigenvalue weighted by Crippen LogP contribution is 2.37. The van der Waals surface area contributed by atoms with Gasteiger partial charge in [0.1, 0.15) is 11.5 Å². The summed E-state index contributed by atoms with van der Waals surface area (Å²) >= 11 is 4.69. The summed E-state index contributed by atoms with van der Waals surface area (Å²) in [5.74, 6) is -0.564. The summed E-state index contributed by atoms with van der Waals surface area (Å²) in [6.07, 6.45) is 4.25. The van der Waals surface area contributed by atoms with E-state index < -0.39 is 16.3 Å². The van der Waals surface area contributed by atoms with Crippen molar-refractivity contribution in [3.05, 3.63) is 11.4 Å². The van der Waals surface area contributed by atoms with Crippen LogP contribution in [-0.4, -0.2) is 38.0 Å². The number of hydrogen-bond acceptors (Lipinski definition) is 5. The zero-order valence-corrected chi connectivity index (χ0v) is 18.5. The molecule has 0 spiro atoms. The molecule has 0 radical (unpaired) electrons. The van der Waals surface area contributed by atoms with Crippen LogP contribution in [0.1, 0.15) is 77.6 Å². The molecule has 2 unspecified atom stereocenters. The molecule has 2 rings (SSSR count). The van der Waals surface area contributed by atoms with Gasteiger partial charge >= 0.3 is 0 Å². The molecule has 0 saturated heterocycles. The molecule has 28 heavy (non-hydrogen) atoms. The van der Waals surface area contributed by atoms with E-state index >= 15 is 4.39 Å². The van der Waals surface area contributed by atoms with Gasteiger partial charge in [0.25, 0.3) is 5.91 Å². The van der Waals surface area contributed by atoms with Gasteiger partial charge in [0, 0.05) is 24.8 Å². The van der Waals surface area contributed by atoms with E-state index in [0.29, 0.717) is 31.4 Å². The molecule has 6 nitrogen and oxygen atoms in total. The summed E-state index contributed by atoms with van der Waals surface area (Å²) in [7, 11) is 1.73. The molecule has 0 bridgehead atoms. The van der Waals surface area contributed by atoms with Crippen LogP contribution in [0, 0.1) is 5.41 Å². The second-order valence-corrected chi connectivity index (χ2v) is 10.3. The summed E-state index contributed by atoms with van der Waals surface area (Å²) in [4.78, 5) is 24.4. The van der Waals surface area contributed by atoms with Crippen molar-refractivity contribution in [2.24, 2.45) is 12.5 Å². The van der Waals surface area contributed by atoms with E-state index in [0.717, 1.165) is 12.8 Å². The molecule has 1 N–H and O–H groups in total. The Morgan fingerprint density at radius 2 is 1.96 bits per heavy atom. The zero-order valence-electron chi connectivity index (χ0n) is 17.6. The number of Topliss-reactive ketones (excluding diaryl/α,β-unsaturated/α-hetero) is 1. The molecule has 0 aromatic carbocycles. The van der Waals surface area contributed by atoms with Gasteiger partial charge in [-0.25, -0.2) is 4.39 Å². The molecule has 158 valence electrons. The Labute approximate surface area is 172 Å². The molecule has 8 heteroatoms. The normalized spacial score (nSPS) is 22.5. The summed E-state index contributed by atoms with van der Waals surface area (Å²) < 4.78 is 16.9. The van der Waals surface area contributed by atoms with Gasteiger partial charge in [-0.1, -0.05) is 25.5 Å². The van der Waals surface area contributed by atoms with E-state index in [9.17, 15) is 9.59 Å². The maximum absolute atomic E-state index is 15.9. The molecule has 2 atom stereocenters. The Balaban J connectivity index is 2.12. The lowest BCUT2D eigenvalue weighted by Crippen LogP contribution is -2.47. The first kappa shape index (κ1) is 22.8. The van der Waals surface area contributed by atoms with Crippen molar-refractivity contribution >= 4 is 24.3 Å². The lowest BCUT2D eigenvalue weighted by atomic mass is 9.79. The lowest BCUT2D eigenvalue weighted by molar-refractivity contribution is -0.134. The minimum absolute atomic E-state index is 0.101. The Hall–Kier alpha value is -1.44. The second kappa shape index (κ2) is 8.51. The number of carbonyl (C=O) groups is 2. The quantitative estimate of drug-likeness (QED) is 0.674. The van der Waals surface area contributed by atoms with Gasteiger partial charge in [-0.05, 0) is 51.4 Å². The van der Waals surface area contributed by atoms with Crippen molar-refractivity contribution in [2.45, 2.75) is 83.1 Å². The first-order valence-corrected chi connectivity index (χ1v) is 10.4. The van der Waals surface area contributed by atoms with Gasteiger partial charge < -0.3 is 10.1 Å². The van der Waals surface area contributed by atoms with E-state index in [2.05, 4.69) is 28.3 Å². The fourth-order valence-corrected chi connectivity index (χ4v) is 4.89. The van der Waals surface area contributed by atoms with E-state index in [1.54, 1.807) is 18.7 Å². The maximum atomic E-state index is 15.9. The van der Waals surface area contributed by atoms with Gasteiger partial charge in [-0.3, -0.25) is 9.48 Å². The highest BCUT2D eigenvalue weighted by Gasteiger charge is 2.46. The Morgan fingerprint density at radius 1 is 1.29 bits per heavy atom. The molecule has 1 aliphatic rings. The Morgan fingerprint density at radius 3 is 2.61 bits per heavy atom. The number of thiol groups is 1. The third kappa shape index (κ3) is 5.55. The fourth-order valence-electron chi connectivity index (χ4n) is 4.38. The van der Waals surface area contributed by atoms with Crippen LogP contribution in [0.2, 0.25) is 0 Å². The van der Waals surface area contributed by atoms with Crippen LogP contribution >= 0.6 is 12.6 Å². The first-order chi connectivity index (χ1) is 12.9. The number of aromatic nitrogens is 3. The monoisotopic (exact) mass is 412 g/mol. The molecular weight excluding hydrogens is 379 g/mol. The number of nitrogens with one attached hydrogen (secondary N) is 1.